The summed E-state index contributed by atoms with van der Waals surface area (Å²) < 4.78 is 16.4. The molecule has 208 valence electrons. The molecule has 9 heteroatoms. The Hall–Kier alpha value is -2.81. The van der Waals surface area contributed by atoms with Gasteiger partial charge in [-0.25, -0.2) is 0 Å². The van der Waals surface area contributed by atoms with Crippen molar-refractivity contribution in [3.05, 3.63) is 58.6 Å². The summed E-state index contributed by atoms with van der Waals surface area (Å²) in [7, 11) is 3.19. The number of carbonyl (C=O) groups is 2. The lowest BCUT2D eigenvalue weighted by molar-refractivity contribution is -0.120. The quantitative estimate of drug-likeness (QED) is 0.351. The van der Waals surface area contributed by atoms with Crippen molar-refractivity contribution in [1.29, 1.82) is 0 Å². The van der Waals surface area contributed by atoms with Gasteiger partial charge in [0.05, 0.1) is 30.7 Å². The minimum atomic E-state index is -0.159. The van der Waals surface area contributed by atoms with Gasteiger partial charge in [-0.1, -0.05) is 41.9 Å². The number of hydrogen-bond donors (Lipinski definition) is 2. The van der Waals surface area contributed by atoms with Crippen LogP contribution in [0, 0.1) is 11.8 Å². The summed E-state index contributed by atoms with van der Waals surface area (Å²) in [5.41, 5.74) is 1.36. The van der Waals surface area contributed by atoms with Crippen molar-refractivity contribution < 1.29 is 23.8 Å². The number of rotatable bonds is 14. The number of halogens is 1. The van der Waals surface area contributed by atoms with Gasteiger partial charge >= 0.3 is 0 Å². The van der Waals surface area contributed by atoms with Crippen molar-refractivity contribution in [1.82, 2.24) is 15.5 Å². The van der Waals surface area contributed by atoms with Crippen LogP contribution in [0.2, 0.25) is 5.02 Å². The predicted molar refractivity (Wildman–Crippen MR) is 149 cm³/mol. The molecule has 0 radical (unpaired) electrons. The first-order valence-electron chi connectivity index (χ1n) is 13.2. The van der Waals surface area contributed by atoms with Crippen LogP contribution in [0.5, 0.6) is 11.5 Å². The highest BCUT2D eigenvalue weighted by Gasteiger charge is 2.32. The molecule has 1 saturated heterocycles. The van der Waals surface area contributed by atoms with Gasteiger partial charge in [0.1, 0.15) is 0 Å². The Morgan fingerprint density at radius 1 is 1.08 bits per heavy atom. The van der Waals surface area contributed by atoms with E-state index in [2.05, 4.69) is 10.6 Å². The molecule has 3 rings (SSSR count). The highest BCUT2D eigenvalue weighted by Crippen LogP contribution is 2.34. The third kappa shape index (κ3) is 8.35. The van der Waals surface area contributed by atoms with E-state index >= 15 is 0 Å². The van der Waals surface area contributed by atoms with Crippen molar-refractivity contribution in [2.75, 3.05) is 53.6 Å². The van der Waals surface area contributed by atoms with Crippen LogP contribution in [0.25, 0.3) is 0 Å². The second kappa shape index (κ2) is 15.0. The van der Waals surface area contributed by atoms with Crippen LogP contribution >= 0.6 is 11.6 Å². The molecular formula is C29H40ClN3O5. The van der Waals surface area contributed by atoms with Gasteiger partial charge in [-0.05, 0) is 37.3 Å². The molecule has 2 aromatic rings. The molecule has 1 fully saturated rings. The van der Waals surface area contributed by atoms with E-state index in [0.29, 0.717) is 61.2 Å². The summed E-state index contributed by atoms with van der Waals surface area (Å²) >= 11 is 6.54. The molecule has 2 atom stereocenters. The Labute approximate surface area is 231 Å². The number of carbonyl (C=O) groups excluding carboxylic acids is 2. The van der Waals surface area contributed by atoms with Gasteiger partial charge in [0.2, 0.25) is 5.91 Å². The topological polar surface area (TPSA) is 89.1 Å². The van der Waals surface area contributed by atoms with Crippen molar-refractivity contribution in [2.45, 2.75) is 32.7 Å². The molecule has 0 spiro atoms. The van der Waals surface area contributed by atoms with Crippen molar-refractivity contribution >= 4 is 23.4 Å². The molecule has 0 aromatic heterocycles. The average Bonchev–Trinajstić information content (AvgIpc) is 3.36. The average molecular weight is 546 g/mol. The zero-order valence-corrected chi connectivity index (χ0v) is 23.6. The predicted octanol–water partition coefficient (Wildman–Crippen LogP) is 3.81. The van der Waals surface area contributed by atoms with E-state index in [1.54, 1.807) is 26.4 Å². The number of ether oxygens (including phenoxy) is 3. The van der Waals surface area contributed by atoms with E-state index in [1.807, 2.05) is 49.1 Å². The maximum atomic E-state index is 13.7. The summed E-state index contributed by atoms with van der Waals surface area (Å²) in [6, 6.07) is 13.0. The smallest absolute Gasteiger partial charge is 0.255 e. The standard InChI is InChI=1S/C29H40ClN3O5/c1-20(2)33(29(35)24-14-27(38-12-8-11-36-3)26(37-4)15-25(24)30)19-23-17-31-16-22(23)18-32-28(34)13-21-9-6-5-7-10-21/h5-7,9-10,14-15,20,22-23,31H,8,11-13,16-19H2,1-4H3,(H,32,34)/t22?,23-/m0/s1. The van der Waals surface area contributed by atoms with Gasteiger partial charge in [0.25, 0.3) is 5.91 Å². The van der Waals surface area contributed by atoms with Gasteiger partial charge in [-0.15, -0.1) is 0 Å². The molecule has 1 aliphatic heterocycles. The van der Waals surface area contributed by atoms with Gasteiger partial charge < -0.3 is 29.7 Å². The number of nitrogens with zero attached hydrogens (tertiary/aromatic N) is 1. The maximum Gasteiger partial charge on any atom is 0.255 e. The van der Waals surface area contributed by atoms with Crippen LogP contribution in [0.15, 0.2) is 42.5 Å². The fourth-order valence-electron chi connectivity index (χ4n) is 4.62. The van der Waals surface area contributed by atoms with E-state index < -0.39 is 0 Å². The Balaban J connectivity index is 1.66. The monoisotopic (exact) mass is 545 g/mol. The number of amides is 2. The SMILES string of the molecule is COCCCOc1cc(C(=O)N(C[C@@H]2CNCC2CNC(=O)Cc2ccccc2)C(C)C)c(Cl)cc1OC. The van der Waals surface area contributed by atoms with Gasteiger partial charge in [0.15, 0.2) is 11.5 Å². The summed E-state index contributed by atoms with van der Waals surface area (Å²) in [5, 5.41) is 6.82. The molecule has 2 N–H and O–H groups in total. The Morgan fingerprint density at radius 2 is 1.82 bits per heavy atom. The number of benzene rings is 2. The van der Waals surface area contributed by atoms with Crippen LogP contribution < -0.4 is 20.1 Å². The largest absolute Gasteiger partial charge is 0.493 e. The molecule has 38 heavy (non-hydrogen) atoms. The lowest BCUT2D eigenvalue weighted by atomic mass is 9.94. The van der Waals surface area contributed by atoms with E-state index in [9.17, 15) is 9.59 Å². The first-order chi connectivity index (χ1) is 18.3. The van der Waals surface area contributed by atoms with Gasteiger partial charge in [-0.3, -0.25) is 9.59 Å². The minimum absolute atomic E-state index is 0.00156. The summed E-state index contributed by atoms with van der Waals surface area (Å²) in [5.74, 6) is 1.21. The van der Waals surface area contributed by atoms with Crippen molar-refractivity contribution in [2.24, 2.45) is 11.8 Å². The first kappa shape index (κ1) is 29.7. The van der Waals surface area contributed by atoms with Gasteiger partial charge in [-0.2, -0.15) is 0 Å². The molecule has 1 aliphatic rings. The molecule has 8 nitrogen and oxygen atoms in total. The third-order valence-electron chi connectivity index (χ3n) is 6.80. The fourth-order valence-corrected chi connectivity index (χ4v) is 4.86. The lowest BCUT2D eigenvalue weighted by Gasteiger charge is -2.32. The number of nitrogens with one attached hydrogen (secondary N) is 2. The highest BCUT2D eigenvalue weighted by atomic mass is 35.5. The molecule has 0 saturated carbocycles. The Bertz CT molecular complexity index is 1050. The Morgan fingerprint density at radius 3 is 2.50 bits per heavy atom. The lowest BCUT2D eigenvalue weighted by Crippen LogP contribution is -2.43. The summed E-state index contributed by atoms with van der Waals surface area (Å²) in [6.07, 6.45) is 1.07. The zero-order valence-electron chi connectivity index (χ0n) is 22.8. The van der Waals surface area contributed by atoms with E-state index in [4.69, 9.17) is 25.8 Å². The normalized spacial score (nSPS) is 16.9. The van der Waals surface area contributed by atoms with Crippen LogP contribution in [0.3, 0.4) is 0 Å². The molecule has 1 heterocycles. The molecule has 2 amide bonds. The summed E-state index contributed by atoms with van der Waals surface area (Å²) in [4.78, 5) is 28.1. The van der Waals surface area contributed by atoms with Gasteiger partial charge in [0, 0.05) is 58.4 Å². The maximum absolute atomic E-state index is 13.7. The number of methoxy groups -OCH3 is 2. The fraction of sp³-hybridized carbons (Fsp3) is 0.517. The van der Waals surface area contributed by atoms with Crippen LogP contribution in [-0.4, -0.2) is 76.4 Å². The highest BCUT2D eigenvalue weighted by molar-refractivity contribution is 6.34. The summed E-state index contributed by atoms with van der Waals surface area (Å²) in [6.45, 7) is 7.68. The van der Waals surface area contributed by atoms with Crippen molar-refractivity contribution in [3.63, 3.8) is 0 Å². The van der Waals surface area contributed by atoms with Crippen molar-refractivity contribution in [3.8, 4) is 11.5 Å². The zero-order chi connectivity index (χ0) is 27.5. The minimum Gasteiger partial charge on any atom is -0.493 e. The first-order valence-corrected chi connectivity index (χ1v) is 13.5. The number of hydrogen-bond acceptors (Lipinski definition) is 6. The Kier molecular flexibility index (Phi) is 11.7. The second-order valence-corrected chi connectivity index (χ2v) is 10.3. The molecule has 1 unspecified atom stereocenters. The van der Waals surface area contributed by atoms with Crippen LogP contribution in [0.4, 0.5) is 0 Å². The molecule has 2 aromatic carbocycles. The van der Waals surface area contributed by atoms with Crippen LogP contribution in [0.1, 0.15) is 36.2 Å². The van der Waals surface area contributed by atoms with E-state index in [1.165, 1.54) is 0 Å². The molecule has 0 bridgehead atoms. The molecule has 0 aliphatic carbocycles. The molecular weight excluding hydrogens is 506 g/mol. The van der Waals surface area contributed by atoms with E-state index in [-0.39, 0.29) is 29.7 Å². The van der Waals surface area contributed by atoms with Crippen LogP contribution in [-0.2, 0) is 16.0 Å². The van der Waals surface area contributed by atoms with E-state index in [0.717, 1.165) is 18.7 Å². The third-order valence-corrected chi connectivity index (χ3v) is 7.11. The second-order valence-electron chi connectivity index (χ2n) is 9.87.